The van der Waals surface area contributed by atoms with Crippen molar-refractivity contribution in [2.75, 3.05) is 24.8 Å². The van der Waals surface area contributed by atoms with Crippen LogP contribution in [0.2, 0.25) is 0 Å². The first-order chi connectivity index (χ1) is 8.81. The van der Waals surface area contributed by atoms with Gasteiger partial charge in [-0.1, -0.05) is 6.42 Å². The number of hydrogen-bond donors (Lipinski definition) is 2. The van der Waals surface area contributed by atoms with Crippen LogP contribution in [0.25, 0.3) is 0 Å². The quantitative estimate of drug-likeness (QED) is 0.854. The minimum Gasteiger partial charge on any atom is -0.490 e. The minimum absolute atomic E-state index is 0.553. The van der Waals surface area contributed by atoms with Crippen LogP contribution in [0.15, 0.2) is 6.33 Å². The normalized spacial score (nSPS) is 29.3. The van der Waals surface area contributed by atoms with Gasteiger partial charge in [-0.3, -0.25) is 0 Å². The largest absolute Gasteiger partial charge is 0.490 e. The van der Waals surface area contributed by atoms with Crippen molar-refractivity contribution in [3.8, 4) is 5.75 Å². The Morgan fingerprint density at radius 2 is 2.06 bits per heavy atom. The highest BCUT2D eigenvalue weighted by molar-refractivity contribution is 5.63. The van der Waals surface area contributed by atoms with Crippen LogP contribution < -0.4 is 15.4 Å². The van der Waals surface area contributed by atoms with Crippen molar-refractivity contribution in [2.24, 2.45) is 11.8 Å². The van der Waals surface area contributed by atoms with Crippen molar-refractivity contribution in [1.29, 1.82) is 0 Å². The highest BCUT2D eigenvalue weighted by Crippen LogP contribution is 2.46. The van der Waals surface area contributed by atoms with Gasteiger partial charge in [0.2, 0.25) is 5.75 Å². The van der Waals surface area contributed by atoms with Crippen LogP contribution in [0.5, 0.6) is 5.75 Å². The number of hydrogen-bond acceptors (Lipinski definition) is 5. The third-order valence-electron chi connectivity index (χ3n) is 4.30. The van der Waals surface area contributed by atoms with Gasteiger partial charge in [-0.15, -0.1) is 0 Å². The maximum absolute atomic E-state index is 5.41. The molecule has 0 spiro atoms. The molecular weight excluding hydrogens is 228 g/mol. The number of methoxy groups -OCH3 is 1. The van der Waals surface area contributed by atoms with Crippen LogP contribution in [-0.4, -0.2) is 30.2 Å². The van der Waals surface area contributed by atoms with Gasteiger partial charge in [0.25, 0.3) is 0 Å². The second kappa shape index (κ2) is 4.63. The SMILES string of the molecule is CNc1ncnc(NC2CC3CCC2C3)c1OC. The Morgan fingerprint density at radius 1 is 1.22 bits per heavy atom. The third kappa shape index (κ3) is 1.87. The number of nitrogens with one attached hydrogen (secondary N) is 2. The van der Waals surface area contributed by atoms with E-state index in [0.29, 0.717) is 11.8 Å². The van der Waals surface area contributed by atoms with Crippen LogP contribution in [0, 0.1) is 11.8 Å². The molecule has 98 valence electrons. The van der Waals surface area contributed by atoms with Crippen molar-refractivity contribution in [2.45, 2.75) is 31.7 Å². The molecule has 0 saturated heterocycles. The zero-order valence-corrected chi connectivity index (χ0v) is 10.9. The van der Waals surface area contributed by atoms with E-state index in [1.54, 1.807) is 13.4 Å². The molecule has 3 atom stereocenters. The van der Waals surface area contributed by atoms with E-state index in [4.69, 9.17) is 4.74 Å². The van der Waals surface area contributed by atoms with Gasteiger partial charge in [-0.25, -0.2) is 9.97 Å². The van der Waals surface area contributed by atoms with Gasteiger partial charge in [0.05, 0.1) is 7.11 Å². The first-order valence-electron chi connectivity index (χ1n) is 6.65. The molecule has 2 saturated carbocycles. The molecule has 0 radical (unpaired) electrons. The molecule has 0 aromatic carbocycles. The zero-order valence-electron chi connectivity index (χ0n) is 10.9. The average Bonchev–Trinajstić information content (AvgIpc) is 3.00. The third-order valence-corrected chi connectivity index (χ3v) is 4.30. The van der Waals surface area contributed by atoms with Crippen LogP contribution in [-0.2, 0) is 0 Å². The fourth-order valence-electron chi connectivity index (χ4n) is 3.45. The number of anilines is 2. The van der Waals surface area contributed by atoms with Gasteiger partial charge in [0.15, 0.2) is 11.6 Å². The molecule has 5 heteroatoms. The number of aromatic nitrogens is 2. The number of rotatable bonds is 4. The molecule has 0 amide bonds. The fourth-order valence-corrected chi connectivity index (χ4v) is 3.45. The number of nitrogens with zero attached hydrogens (tertiary/aromatic N) is 2. The summed E-state index contributed by atoms with van der Waals surface area (Å²) in [6.45, 7) is 0. The Morgan fingerprint density at radius 3 is 2.67 bits per heavy atom. The van der Waals surface area contributed by atoms with E-state index in [-0.39, 0.29) is 0 Å². The van der Waals surface area contributed by atoms with Crippen LogP contribution in [0.1, 0.15) is 25.7 Å². The Balaban J connectivity index is 1.80. The van der Waals surface area contributed by atoms with Crippen LogP contribution in [0.3, 0.4) is 0 Å². The van der Waals surface area contributed by atoms with Gasteiger partial charge in [-0.2, -0.15) is 0 Å². The molecule has 18 heavy (non-hydrogen) atoms. The smallest absolute Gasteiger partial charge is 0.204 e. The summed E-state index contributed by atoms with van der Waals surface area (Å²) < 4.78 is 5.41. The van der Waals surface area contributed by atoms with Crippen molar-refractivity contribution in [3.63, 3.8) is 0 Å². The van der Waals surface area contributed by atoms with E-state index in [1.165, 1.54) is 25.7 Å². The first-order valence-corrected chi connectivity index (χ1v) is 6.65. The first kappa shape index (κ1) is 11.6. The fraction of sp³-hybridized carbons (Fsp3) is 0.692. The summed E-state index contributed by atoms with van der Waals surface area (Å²) in [4.78, 5) is 8.48. The highest BCUT2D eigenvalue weighted by atomic mass is 16.5. The van der Waals surface area contributed by atoms with E-state index < -0.39 is 0 Å². The second-order valence-corrected chi connectivity index (χ2v) is 5.28. The predicted molar refractivity (Wildman–Crippen MR) is 71.0 cm³/mol. The number of fused-ring (bicyclic) bond motifs is 2. The van der Waals surface area contributed by atoms with Gasteiger partial charge >= 0.3 is 0 Å². The van der Waals surface area contributed by atoms with E-state index in [1.807, 2.05) is 7.05 Å². The lowest BCUT2D eigenvalue weighted by molar-refractivity contribution is 0.408. The standard InChI is InChI=1S/C13H20N4O/c1-14-12-11(18-2)13(16-7-15-12)17-10-6-8-3-4-9(10)5-8/h7-10H,3-6H2,1-2H3,(H2,14,15,16,17). The molecule has 3 unspecified atom stereocenters. The summed E-state index contributed by atoms with van der Waals surface area (Å²) in [7, 11) is 3.50. The molecule has 1 aromatic heterocycles. The molecule has 1 aromatic rings. The van der Waals surface area contributed by atoms with E-state index in [0.717, 1.165) is 23.5 Å². The van der Waals surface area contributed by atoms with Crippen LogP contribution in [0.4, 0.5) is 11.6 Å². The lowest BCUT2D eigenvalue weighted by Crippen LogP contribution is -2.26. The summed E-state index contributed by atoms with van der Waals surface area (Å²) in [6, 6.07) is 0.553. The predicted octanol–water partition coefficient (Wildman–Crippen LogP) is 2.13. The van der Waals surface area contributed by atoms with Crippen molar-refractivity contribution < 1.29 is 4.74 Å². The minimum atomic E-state index is 0.553. The maximum Gasteiger partial charge on any atom is 0.204 e. The van der Waals surface area contributed by atoms with Crippen molar-refractivity contribution in [3.05, 3.63) is 6.33 Å². The monoisotopic (exact) mass is 248 g/mol. The van der Waals surface area contributed by atoms with Gasteiger partial charge < -0.3 is 15.4 Å². The van der Waals surface area contributed by atoms with E-state index >= 15 is 0 Å². The molecule has 5 nitrogen and oxygen atoms in total. The zero-order chi connectivity index (χ0) is 12.5. The summed E-state index contributed by atoms with van der Waals surface area (Å²) in [5, 5.41) is 6.58. The second-order valence-electron chi connectivity index (χ2n) is 5.28. The van der Waals surface area contributed by atoms with Gasteiger partial charge in [0, 0.05) is 13.1 Å². The van der Waals surface area contributed by atoms with Gasteiger partial charge in [-0.05, 0) is 31.1 Å². The molecule has 2 bridgehead atoms. The lowest BCUT2D eigenvalue weighted by Gasteiger charge is -2.24. The summed E-state index contributed by atoms with van der Waals surface area (Å²) >= 11 is 0. The Bertz CT molecular complexity index is 437. The van der Waals surface area contributed by atoms with Crippen LogP contribution >= 0.6 is 0 Å². The molecular formula is C13H20N4O. The highest BCUT2D eigenvalue weighted by Gasteiger charge is 2.39. The molecule has 2 aliphatic carbocycles. The Labute approximate surface area is 107 Å². The number of ether oxygens (including phenoxy) is 1. The summed E-state index contributed by atoms with van der Waals surface area (Å²) in [6.07, 6.45) is 6.99. The maximum atomic E-state index is 5.41. The average molecular weight is 248 g/mol. The summed E-state index contributed by atoms with van der Waals surface area (Å²) in [5.41, 5.74) is 0. The molecule has 2 fully saturated rings. The summed E-state index contributed by atoms with van der Waals surface area (Å²) in [5.74, 6) is 3.99. The van der Waals surface area contributed by atoms with Gasteiger partial charge in [0.1, 0.15) is 6.33 Å². The van der Waals surface area contributed by atoms with Crippen molar-refractivity contribution >= 4 is 11.6 Å². The lowest BCUT2D eigenvalue weighted by atomic mass is 9.95. The topological polar surface area (TPSA) is 59.1 Å². The molecule has 2 aliphatic rings. The molecule has 0 aliphatic heterocycles. The Hall–Kier alpha value is -1.52. The van der Waals surface area contributed by atoms with E-state index in [9.17, 15) is 0 Å². The Kier molecular flexibility index (Phi) is 2.97. The molecule has 1 heterocycles. The molecule has 2 N–H and O–H groups in total. The van der Waals surface area contributed by atoms with E-state index in [2.05, 4.69) is 20.6 Å². The molecule has 3 rings (SSSR count). The van der Waals surface area contributed by atoms with Crippen molar-refractivity contribution in [1.82, 2.24) is 9.97 Å².